The molecule has 0 aliphatic carbocycles. The first-order valence-corrected chi connectivity index (χ1v) is 10.6. The van der Waals surface area contributed by atoms with Gasteiger partial charge in [-0.05, 0) is 36.8 Å². The van der Waals surface area contributed by atoms with Gasteiger partial charge in [-0.1, -0.05) is 6.07 Å². The van der Waals surface area contributed by atoms with Crippen molar-refractivity contribution in [3.8, 4) is 11.5 Å². The number of carboxylic acids is 1. The Kier molecular flexibility index (Phi) is 8.21. The Bertz CT molecular complexity index is 1000. The van der Waals surface area contributed by atoms with Gasteiger partial charge in [0.2, 0.25) is 0 Å². The molecule has 1 aliphatic heterocycles. The van der Waals surface area contributed by atoms with Gasteiger partial charge in [-0.15, -0.1) is 0 Å². The Morgan fingerprint density at radius 3 is 2.74 bits per heavy atom. The van der Waals surface area contributed by atoms with E-state index >= 15 is 0 Å². The lowest BCUT2D eigenvalue weighted by Crippen LogP contribution is -2.47. The highest BCUT2D eigenvalue weighted by molar-refractivity contribution is 5.68. The molecule has 1 aliphatic rings. The maximum atomic E-state index is 13.7. The third-order valence-electron chi connectivity index (χ3n) is 5.41. The summed E-state index contributed by atoms with van der Waals surface area (Å²) in [5.41, 5.74) is 0.147. The summed E-state index contributed by atoms with van der Waals surface area (Å²) in [7, 11) is 1.39. The van der Waals surface area contributed by atoms with Crippen LogP contribution in [-0.4, -0.2) is 57.1 Å². The van der Waals surface area contributed by atoms with Crippen LogP contribution in [0.15, 0.2) is 36.4 Å². The number of methoxy groups -OCH3 is 1. The van der Waals surface area contributed by atoms with Crippen molar-refractivity contribution in [2.24, 2.45) is 0 Å². The third-order valence-corrected chi connectivity index (χ3v) is 5.41. The van der Waals surface area contributed by atoms with Crippen molar-refractivity contribution in [2.75, 3.05) is 44.9 Å². The molecule has 7 nitrogen and oxygen atoms in total. The molecule has 0 amide bonds. The standard InChI is InChI=1S/C23H26F4N2O5/c1-14(15-3-4-20(24)21(7-15)32-2)28-11-19-12-29(5-6-33-19)17-8-16(23(25,26)27)9-18(10-17)34-13-22(30)31/h3-4,7-10,14,19,28H,5-6,11-13H2,1-2H3,(H,30,31)/t14-,19?/m1/s1. The molecule has 0 aromatic heterocycles. The number of halogens is 4. The van der Waals surface area contributed by atoms with Gasteiger partial charge < -0.3 is 29.5 Å². The van der Waals surface area contributed by atoms with Gasteiger partial charge >= 0.3 is 12.1 Å². The van der Waals surface area contributed by atoms with Gasteiger partial charge in [0, 0.05) is 37.4 Å². The average molecular weight is 486 g/mol. The molecule has 0 saturated carbocycles. The Morgan fingerprint density at radius 1 is 1.29 bits per heavy atom. The van der Waals surface area contributed by atoms with Gasteiger partial charge in [0.25, 0.3) is 0 Å². The number of aliphatic carboxylic acids is 1. The Hall–Kier alpha value is -3.05. The van der Waals surface area contributed by atoms with E-state index in [-0.39, 0.29) is 29.3 Å². The van der Waals surface area contributed by atoms with Crippen LogP contribution in [-0.2, 0) is 15.7 Å². The molecule has 1 saturated heterocycles. The summed E-state index contributed by atoms with van der Waals surface area (Å²) in [6.45, 7) is 2.52. The van der Waals surface area contributed by atoms with Crippen molar-refractivity contribution in [1.29, 1.82) is 0 Å². The second-order valence-corrected chi connectivity index (χ2v) is 7.86. The van der Waals surface area contributed by atoms with E-state index in [0.29, 0.717) is 26.2 Å². The molecule has 2 aromatic rings. The highest BCUT2D eigenvalue weighted by atomic mass is 19.4. The lowest BCUT2D eigenvalue weighted by molar-refractivity contribution is -0.139. The number of nitrogens with one attached hydrogen (secondary N) is 1. The number of hydrogen-bond acceptors (Lipinski definition) is 6. The Labute approximate surface area is 194 Å². The number of rotatable bonds is 9. The summed E-state index contributed by atoms with van der Waals surface area (Å²) in [5.74, 6) is -1.79. The smallest absolute Gasteiger partial charge is 0.416 e. The third kappa shape index (κ3) is 6.73. The van der Waals surface area contributed by atoms with Gasteiger partial charge in [0.15, 0.2) is 18.2 Å². The number of benzene rings is 2. The number of carbonyl (C=O) groups is 1. The molecule has 3 rings (SSSR count). The quantitative estimate of drug-likeness (QED) is 0.521. The van der Waals surface area contributed by atoms with Crippen molar-refractivity contribution in [3.05, 3.63) is 53.3 Å². The molecule has 0 radical (unpaired) electrons. The highest BCUT2D eigenvalue weighted by Gasteiger charge is 2.33. The van der Waals surface area contributed by atoms with Crippen molar-refractivity contribution in [1.82, 2.24) is 5.32 Å². The van der Waals surface area contributed by atoms with Crippen LogP contribution >= 0.6 is 0 Å². The van der Waals surface area contributed by atoms with Gasteiger partial charge in [-0.2, -0.15) is 13.2 Å². The van der Waals surface area contributed by atoms with Gasteiger partial charge in [-0.25, -0.2) is 9.18 Å². The van der Waals surface area contributed by atoms with Crippen LogP contribution in [0.2, 0.25) is 0 Å². The van der Waals surface area contributed by atoms with E-state index in [4.69, 9.17) is 19.3 Å². The summed E-state index contributed by atoms with van der Waals surface area (Å²) in [5, 5.41) is 12.1. The topological polar surface area (TPSA) is 80.3 Å². The van der Waals surface area contributed by atoms with Crippen LogP contribution in [0.5, 0.6) is 11.5 Å². The van der Waals surface area contributed by atoms with Gasteiger partial charge in [0.05, 0.1) is 25.4 Å². The normalized spacial score (nSPS) is 17.4. The summed E-state index contributed by atoms with van der Waals surface area (Å²) >= 11 is 0. The maximum absolute atomic E-state index is 13.7. The number of anilines is 1. The molecule has 34 heavy (non-hydrogen) atoms. The second kappa shape index (κ2) is 10.9. The first kappa shape index (κ1) is 25.6. The second-order valence-electron chi connectivity index (χ2n) is 7.86. The molecule has 2 atom stereocenters. The van der Waals surface area contributed by atoms with E-state index in [1.807, 2.05) is 6.92 Å². The molecule has 1 heterocycles. The minimum absolute atomic E-state index is 0.136. The molecule has 186 valence electrons. The van der Waals surface area contributed by atoms with E-state index in [0.717, 1.165) is 17.7 Å². The molecule has 0 spiro atoms. The first-order valence-electron chi connectivity index (χ1n) is 10.6. The SMILES string of the molecule is COc1cc([C@@H](C)NCC2CN(c3cc(OCC(=O)O)cc(C(F)(F)F)c3)CCO2)ccc1F. The zero-order chi connectivity index (χ0) is 24.9. The summed E-state index contributed by atoms with van der Waals surface area (Å²) in [4.78, 5) is 12.5. The average Bonchev–Trinajstić information content (AvgIpc) is 2.81. The van der Waals surface area contributed by atoms with Crippen LogP contribution < -0.4 is 19.7 Å². The lowest BCUT2D eigenvalue weighted by Gasteiger charge is -2.35. The van der Waals surface area contributed by atoms with Crippen LogP contribution in [0.25, 0.3) is 0 Å². The van der Waals surface area contributed by atoms with Crippen LogP contribution in [0, 0.1) is 5.82 Å². The van der Waals surface area contributed by atoms with Crippen LogP contribution in [0.3, 0.4) is 0 Å². The Morgan fingerprint density at radius 2 is 2.06 bits per heavy atom. The largest absolute Gasteiger partial charge is 0.494 e. The first-order chi connectivity index (χ1) is 16.1. The maximum Gasteiger partial charge on any atom is 0.416 e. The molecule has 2 aromatic carbocycles. The van der Waals surface area contributed by atoms with Crippen molar-refractivity contribution in [3.63, 3.8) is 0 Å². The van der Waals surface area contributed by atoms with Crippen molar-refractivity contribution < 1.29 is 41.7 Å². The number of carboxylic acid groups (broad SMARTS) is 1. The predicted octanol–water partition coefficient (Wildman–Crippen LogP) is 3.87. The van der Waals surface area contributed by atoms with E-state index in [1.54, 1.807) is 17.0 Å². The zero-order valence-electron chi connectivity index (χ0n) is 18.7. The summed E-state index contributed by atoms with van der Waals surface area (Å²) < 4.78 is 69.6. The number of ether oxygens (including phenoxy) is 3. The number of alkyl halides is 3. The monoisotopic (exact) mass is 486 g/mol. The molecular weight excluding hydrogens is 460 g/mol. The summed E-state index contributed by atoms with van der Waals surface area (Å²) in [6, 6.07) is 7.59. The molecule has 1 fully saturated rings. The van der Waals surface area contributed by atoms with E-state index in [9.17, 15) is 22.4 Å². The highest BCUT2D eigenvalue weighted by Crippen LogP contribution is 2.35. The van der Waals surface area contributed by atoms with E-state index in [1.165, 1.54) is 19.2 Å². The minimum Gasteiger partial charge on any atom is -0.494 e. The molecule has 11 heteroatoms. The predicted molar refractivity (Wildman–Crippen MR) is 116 cm³/mol. The lowest BCUT2D eigenvalue weighted by atomic mass is 10.1. The van der Waals surface area contributed by atoms with Crippen molar-refractivity contribution >= 4 is 11.7 Å². The fraction of sp³-hybridized carbons (Fsp3) is 0.435. The molecule has 1 unspecified atom stereocenters. The molecule has 0 bridgehead atoms. The molecule has 2 N–H and O–H groups in total. The fourth-order valence-electron chi connectivity index (χ4n) is 3.61. The van der Waals surface area contributed by atoms with Gasteiger partial charge in [-0.3, -0.25) is 0 Å². The van der Waals surface area contributed by atoms with E-state index in [2.05, 4.69) is 5.32 Å². The summed E-state index contributed by atoms with van der Waals surface area (Å²) in [6.07, 6.45) is -4.94. The van der Waals surface area contributed by atoms with Crippen molar-refractivity contribution in [2.45, 2.75) is 25.2 Å². The zero-order valence-corrected chi connectivity index (χ0v) is 18.7. The number of hydrogen-bond donors (Lipinski definition) is 2. The minimum atomic E-state index is -4.61. The molecular formula is C23H26F4N2O5. The Balaban J connectivity index is 1.68. The number of nitrogens with zero attached hydrogens (tertiary/aromatic N) is 1. The van der Waals surface area contributed by atoms with Crippen LogP contribution in [0.4, 0.5) is 23.2 Å². The number of morpholine rings is 1. The fourth-order valence-corrected chi connectivity index (χ4v) is 3.61. The van der Waals surface area contributed by atoms with E-state index < -0.39 is 30.1 Å². The van der Waals surface area contributed by atoms with Gasteiger partial charge in [0.1, 0.15) is 5.75 Å². The van der Waals surface area contributed by atoms with Crippen LogP contribution in [0.1, 0.15) is 24.1 Å².